The van der Waals surface area contributed by atoms with Crippen molar-refractivity contribution >= 4 is 11.8 Å². The fraction of sp³-hybridized carbons (Fsp3) is 0.588. The zero-order valence-electron chi connectivity index (χ0n) is 13.4. The summed E-state index contributed by atoms with van der Waals surface area (Å²) in [6, 6.07) is 5.78. The molecule has 2 aliphatic heterocycles. The molecule has 0 unspecified atom stereocenters. The van der Waals surface area contributed by atoms with Crippen LogP contribution in [0.25, 0.3) is 0 Å². The zero-order valence-corrected chi connectivity index (χ0v) is 13.4. The Morgan fingerprint density at radius 3 is 2.83 bits per heavy atom. The monoisotopic (exact) mass is 316 g/mol. The van der Waals surface area contributed by atoms with Gasteiger partial charge in [-0.25, -0.2) is 0 Å². The Hall–Kier alpha value is -1.95. The number of nitrogens with zero attached hydrogens (tertiary/aromatic N) is 3. The Balaban J connectivity index is 1.69. The second-order valence-electron chi connectivity index (χ2n) is 6.51. The summed E-state index contributed by atoms with van der Waals surface area (Å²) in [7, 11) is 0. The van der Waals surface area contributed by atoms with Crippen molar-refractivity contribution in [3.8, 4) is 0 Å². The molecule has 2 aliphatic rings. The first-order chi connectivity index (χ1) is 11.1. The number of primary amides is 1. The van der Waals surface area contributed by atoms with Gasteiger partial charge in [-0.1, -0.05) is 12.5 Å². The third-order valence-electron chi connectivity index (χ3n) is 4.96. The van der Waals surface area contributed by atoms with Crippen molar-refractivity contribution in [1.29, 1.82) is 0 Å². The van der Waals surface area contributed by atoms with Crippen LogP contribution in [-0.2, 0) is 4.79 Å². The lowest BCUT2D eigenvalue weighted by Gasteiger charge is -2.42. The standard InChI is InChI=1S/C17H24N4O2/c18-16(22)12-20-9-4-2-5-13-11-21(10-7-15(13)20)17(23)14-6-1-3-8-19-14/h1,3,6,8,13,15H,2,4-5,7,9-12H2,(H2,18,22)/t13-,15+/m0/s1. The van der Waals surface area contributed by atoms with E-state index in [-0.39, 0.29) is 11.8 Å². The normalized spacial score (nSPS) is 25.5. The Morgan fingerprint density at radius 1 is 1.22 bits per heavy atom. The summed E-state index contributed by atoms with van der Waals surface area (Å²) in [6.45, 7) is 2.72. The first-order valence-corrected chi connectivity index (χ1v) is 8.38. The van der Waals surface area contributed by atoms with Gasteiger partial charge < -0.3 is 10.6 Å². The molecule has 23 heavy (non-hydrogen) atoms. The molecule has 2 N–H and O–H groups in total. The van der Waals surface area contributed by atoms with E-state index in [1.807, 2.05) is 17.0 Å². The first kappa shape index (κ1) is 15.9. The predicted octanol–water partition coefficient (Wildman–Crippen LogP) is 0.883. The third kappa shape index (κ3) is 3.69. The summed E-state index contributed by atoms with van der Waals surface area (Å²) >= 11 is 0. The van der Waals surface area contributed by atoms with Crippen molar-refractivity contribution in [3.05, 3.63) is 30.1 Å². The molecule has 2 amide bonds. The van der Waals surface area contributed by atoms with Crippen molar-refractivity contribution in [3.63, 3.8) is 0 Å². The largest absolute Gasteiger partial charge is 0.369 e. The number of fused-ring (bicyclic) bond motifs is 1. The highest BCUT2D eigenvalue weighted by molar-refractivity contribution is 5.92. The highest BCUT2D eigenvalue weighted by Gasteiger charge is 2.36. The van der Waals surface area contributed by atoms with Crippen LogP contribution in [0.5, 0.6) is 0 Å². The van der Waals surface area contributed by atoms with E-state index < -0.39 is 0 Å². The molecule has 124 valence electrons. The van der Waals surface area contributed by atoms with Crippen LogP contribution in [0.4, 0.5) is 0 Å². The Bertz CT molecular complexity index is 563. The summed E-state index contributed by atoms with van der Waals surface area (Å²) in [5, 5.41) is 0. The van der Waals surface area contributed by atoms with Gasteiger partial charge in [0.2, 0.25) is 5.91 Å². The fourth-order valence-electron chi connectivity index (χ4n) is 3.90. The van der Waals surface area contributed by atoms with Crippen molar-refractivity contribution in [2.24, 2.45) is 11.7 Å². The minimum absolute atomic E-state index is 0.00903. The van der Waals surface area contributed by atoms with Crippen LogP contribution in [0, 0.1) is 5.92 Å². The average Bonchev–Trinajstić information content (AvgIpc) is 2.76. The van der Waals surface area contributed by atoms with Gasteiger partial charge in [-0.15, -0.1) is 0 Å². The second kappa shape index (κ2) is 7.08. The molecule has 0 spiro atoms. The molecule has 0 bridgehead atoms. The van der Waals surface area contributed by atoms with Crippen molar-refractivity contribution in [1.82, 2.24) is 14.8 Å². The first-order valence-electron chi connectivity index (χ1n) is 8.38. The number of carbonyl (C=O) groups is 2. The van der Waals surface area contributed by atoms with E-state index in [2.05, 4.69) is 9.88 Å². The molecule has 2 fully saturated rings. The average molecular weight is 316 g/mol. The molecule has 0 aromatic carbocycles. The number of carbonyl (C=O) groups excluding carboxylic acids is 2. The van der Waals surface area contributed by atoms with Gasteiger partial charge in [0.05, 0.1) is 6.54 Å². The molecule has 0 aliphatic carbocycles. The van der Waals surface area contributed by atoms with E-state index in [1.165, 1.54) is 0 Å². The summed E-state index contributed by atoms with van der Waals surface area (Å²) in [4.78, 5) is 32.2. The number of nitrogens with two attached hydrogens (primary N) is 1. The molecule has 0 saturated carbocycles. The van der Waals surface area contributed by atoms with Gasteiger partial charge in [-0.05, 0) is 43.9 Å². The van der Waals surface area contributed by atoms with Gasteiger partial charge in [0, 0.05) is 25.3 Å². The number of pyridine rings is 1. The van der Waals surface area contributed by atoms with Crippen LogP contribution >= 0.6 is 0 Å². The number of aromatic nitrogens is 1. The van der Waals surface area contributed by atoms with E-state index in [9.17, 15) is 9.59 Å². The number of likely N-dealkylation sites (tertiary alicyclic amines) is 2. The van der Waals surface area contributed by atoms with Crippen LogP contribution in [0.2, 0.25) is 0 Å². The molecule has 3 heterocycles. The fourth-order valence-corrected chi connectivity index (χ4v) is 3.90. The highest BCUT2D eigenvalue weighted by atomic mass is 16.2. The lowest BCUT2D eigenvalue weighted by Crippen LogP contribution is -2.53. The minimum atomic E-state index is -0.266. The lowest BCUT2D eigenvalue weighted by atomic mass is 9.88. The van der Waals surface area contributed by atoms with Crippen molar-refractivity contribution in [2.75, 3.05) is 26.2 Å². The quantitative estimate of drug-likeness (QED) is 0.898. The maximum absolute atomic E-state index is 12.6. The molecule has 0 radical (unpaired) electrons. The van der Waals surface area contributed by atoms with E-state index in [4.69, 9.17) is 5.73 Å². The minimum Gasteiger partial charge on any atom is -0.369 e. The molecule has 2 saturated heterocycles. The topological polar surface area (TPSA) is 79.5 Å². The summed E-state index contributed by atoms with van der Waals surface area (Å²) in [5.74, 6) is 0.158. The van der Waals surface area contributed by atoms with Gasteiger partial charge in [0.25, 0.3) is 5.91 Å². The van der Waals surface area contributed by atoms with Crippen molar-refractivity contribution in [2.45, 2.75) is 31.7 Å². The Labute approximate surface area is 136 Å². The van der Waals surface area contributed by atoms with Crippen LogP contribution in [0.1, 0.15) is 36.2 Å². The SMILES string of the molecule is NC(=O)CN1CCCC[C@H]2CN(C(=O)c3ccccn3)CC[C@H]21. The maximum Gasteiger partial charge on any atom is 0.272 e. The number of hydrogen-bond acceptors (Lipinski definition) is 4. The van der Waals surface area contributed by atoms with Gasteiger partial charge in [-0.2, -0.15) is 0 Å². The number of hydrogen-bond donors (Lipinski definition) is 1. The molecule has 6 heteroatoms. The maximum atomic E-state index is 12.6. The molecule has 2 atom stereocenters. The van der Waals surface area contributed by atoms with E-state index in [0.29, 0.717) is 30.7 Å². The molecular weight excluding hydrogens is 292 g/mol. The van der Waals surface area contributed by atoms with Gasteiger partial charge in [-0.3, -0.25) is 19.5 Å². The van der Waals surface area contributed by atoms with E-state index in [1.54, 1.807) is 12.3 Å². The molecule has 1 aromatic rings. The van der Waals surface area contributed by atoms with Crippen LogP contribution < -0.4 is 5.73 Å². The molecule has 3 rings (SSSR count). The summed E-state index contributed by atoms with van der Waals surface area (Å²) < 4.78 is 0. The lowest BCUT2D eigenvalue weighted by molar-refractivity contribution is -0.120. The van der Waals surface area contributed by atoms with Gasteiger partial charge in [0.15, 0.2) is 0 Å². The number of piperidine rings is 1. The van der Waals surface area contributed by atoms with Crippen LogP contribution in [0.15, 0.2) is 24.4 Å². The number of amides is 2. The van der Waals surface area contributed by atoms with E-state index >= 15 is 0 Å². The van der Waals surface area contributed by atoms with Gasteiger partial charge in [0.1, 0.15) is 5.69 Å². The third-order valence-corrected chi connectivity index (χ3v) is 4.96. The zero-order chi connectivity index (χ0) is 16.2. The van der Waals surface area contributed by atoms with Gasteiger partial charge >= 0.3 is 0 Å². The summed E-state index contributed by atoms with van der Waals surface area (Å²) in [6.07, 6.45) is 5.89. The van der Waals surface area contributed by atoms with Crippen LogP contribution in [0.3, 0.4) is 0 Å². The smallest absolute Gasteiger partial charge is 0.272 e. The Kier molecular flexibility index (Phi) is 4.91. The predicted molar refractivity (Wildman–Crippen MR) is 86.7 cm³/mol. The Morgan fingerprint density at radius 2 is 2.09 bits per heavy atom. The van der Waals surface area contributed by atoms with Crippen molar-refractivity contribution < 1.29 is 9.59 Å². The number of rotatable bonds is 3. The summed E-state index contributed by atoms with van der Waals surface area (Å²) in [5.41, 5.74) is 5.90. The van der Waals surface area contributed by atoms with E-state index in [0.717, 1.165) is 38.8 Å². The molecular formula is C17H24N4O2. The molecule has 6 nitrogen and oxygen atoms in total. The van der Waals surface area contributed by atoms with Crippen LogP contribution in [-0.4, -0.2) is 58.8 Å². The highest BCUT2D eigenvalue weighted by Crippen LogP contribution is 2.30. The molecule has 1 aromatic heterocycles. The second-order valence-corrected chi connectivity index (χ2v) is 6.51.